The molecule has 0 aliphatic heterocycles. The monoisotopic (exact) mass is 484 g/mol. The van der Waals surface area contributed by atoms with Gasteiger partial charge in [-0.3, -0.25) is 4.68 Å². The van der Waals surface area contributed by atoms with E-state index in [2.05, 4.69) is 57.4 Å². The number of aryl methyl sites for hydroxylation is 1. The van der Waals surface area contributed by atoms with Gasteiger partial charge in [-0.2, -0.15) is 5.10 Å². The number of nitrogens with one attached hydrogen (secondary N) is 1. The van der Waals surface area contributed by atoms with E-state index < -0.39 is 5.54 Å². The lowest BCUT2D eigenvalue weighted by Crippen LogP contribution is -2.45. The standard InChI is InChI=1S/C27H32N8O/c1-17(2)24-20-14-18(6-7-22(20)34-35(24)3)21-9-12-30-26(33-21)27(28)10-8-19-23(15-27)31-16-32-25(19)29-11-5-13-36-4/h6-9,12,14-17H,5,10-11,13,28H2,1-4H3,(H,29,31,32). The smallest absolute Gasteiger partial charge is 0.153 e. The van der Waals surface area contributed by atoms with E-state index in [1.165, 1.54) is 5.69 Å². The third-order valence-electron chi connectivity index (χ3n) is 6.56. The van der Waals surface area contributed by atoms with E-state index >= 15 is 0 Å². The molecule has 0 saturated heterocycles. The highest BCUT2D eigenvalue weighted by molar-refractivity contribution is 5.86. The quantitative estimate of drug-likeness (QED) is 0.366. The Kier molecular flexibility index (Phi) is 6.51. The molecular weight excluding hydrogens is 452 g/mol. The molecule has 0 amide bonds. The highest BCUT2D eigenvalue weighted by atomic mass is 16.5. The van der Waals surface area contributed by atoms with Crippen LogP contribution in [-0.4, -0.2) is 50.0 Å². The normalized spacial score (nSPS) is 17.1. The number of methoxy groups -OCH3 is 1. The molecule has 36 heavy (non-hydrogen) atoms. The molecule has 3 heterocycles. The molecule has 9 heteroatoms. The largest absolute Gasteiger partial charge is 0.385 e. The molecule has 5 rings (SSSR count). The van der Waals surface area contributed by atoms with E-state index in [-0.39, 0.29) is 0 Å². The molecule has 1 unspecified atom stereocenters. The zero-order valence-corrected chi connectivity index (χ0v) is 21.2. The minimum Gasteiger partial charge on any atom is -0.385 e. The van der Waals surface area contributed by atoms with Crippen LogP contribution in [0.4, 0.5) is 5.82 Å². The van der Waals surface area contributed by atoms with Crippen molar-refractivity contribution in [1.82, 2.24) is 29.7 Å². The molecule has 0 fully saturated rings. The van der Waals surface area contributed by atoms with Crippen LogP contribution in [0.2, 0.25) is 0 Å². The van der Waals surface area contributed by atoms with E-state index in [1.54, 1.807) is 19.6 Å². The number of rotatable bonds is 8. The fourth-order valence-electron chi connectivity index (χ4n) is 4.83. The highest BCUT2D eigenvalue weighted by Crippen LogP contribution is 2.30. The second kappa shape index (κ2) is 9.75. The van der Waals surface area contributed by atoms with Gasteiger partial charge in [-0.15, -0.1) is 0 Å². The second-order valence-corrected chi connectivity index (χ2v) is 9.55. The van der Waals surface area contributed by atoms with Gasteiger partial charge in [0, 0.05) is 55.4 Å². The first-order valence-corrected chi connectivity index (χ1v) is 12.3. The van der Waals surface area contributed by atoms with Crippen molar-refractivity contribution in [2.45, 2.75) is 38.1 Å². The summed E-state index contributed by atoms with van der Waals surface area (Å²) in [6.45, 7) is 5.83. The minimum absolute atomic E-state index is 0.359. The van der Waals surface area contributed by atoms with Crippen LogP contribution in [-0.2, 0) is 17.3 Å². The molecule has 0 bridgehead atoms. The Morgan fingerprint density at radius 3 is 2.86 bits per heavy atom. The summed E-state index contributed by atoms with van der Waals surface area (Å²) in [4.78, 5) is 18.4. The lowest BCUT2D eigenvalue weighted by molar-refractivity contribution is 0.197. The molecule has 4 aromatic rings. The Labute approximate surface area is 210 Å². The summed E-state index contributed by atoms with van der Waals surface area (Å²) in [7, 11) is 3.70. The van der Waals surface area contributed by atoms with E-state index in [9.17, 15) is 0 Å². The van der Waals surface area contributed by atoms with Gasteiger partial charge in [-0.1, -0.05) is 26.0 Å². The molecule has 186 valence electrons. The van der Waals surface area contributed by atoms with Crippen molar-refractivity contribution in [3.8, 4) is 11.3 Å². The number of anilines is 1. The molecule has 1 atom stereocenters. The maximum atomic E-state index is 6.87. The molecule has 1 aliphatic carbocycles. The molecule has 1 aromatic carbocycles. The Bertz CT molecular complexity index is 1530. The van der Waals surface area contributed by atoms with Crippen LogP contribution in [0.1, 0.15) is 44.1 Å². The van der Waals surface area contributed by atoms with Crippen LogP contribution in [0.3, 0.4) is 0 Å². The van der Waals surface area contributed by atoms with Crippen LogP contribution in [0.5, 0.6) is 0 Å². The van der Waals surface area contributed by atoms with Crippen molar-refractivity contribution in [3.63, 3.8) is 0 Å². The van der Waals surface area contributed by atoms with Gasteiger partial charge in [0.05, 0.1) is 16.6 Å². The number of aromatic nitrogens is 6. The Hall–Kier alpha value is -3.69. The summed E-state index contributed by atoms with van der Waals surface area (Å²) in [5.41, 5.74) is 10.0. The summed E-state index contributed by atoms with van der Waals surface area (Å²) in [5.74, 6) is 1.72. The third kappa shape index (κ3) is 4.47. The van der Waals surface area contributed by atoms with Gasteiger partial charge in [0.25, 0.3) is 0 Å². The molecule has 9 nitrogen and oxygen atoms in total. The second-order valence-electron chi connectivity index (χ2n) is 9.55. The predicted octanol–water partition coefficient (Wildman–Crippen LogP) is 2.21. The van der Waals surface area contributed by atoms with E-state index in [4.69, 9.17) is 15.5 Å². The number of nitrogens with zero attached hydrogens (tertiary/aromatic N) is 6. The summed E-state index contributed by atoms with van der Waals surface area (Å²) < 4.78 is 7.09. The van der Waals surface area contributed by atoms with E-state index in [0.29, 0.717) is 24.8 Å². The van der Waals surface area contributed by atoms with Crippen molar-refractivity contribution < 1.29 is 4.74 Å². The maximum absolute atomic E-state index is 6.87. The van der Waals surface area contributed by atoms with Gasteiger partial charge >= 0.3 is 0 Å². The molecule has 0 saturated carbocycles. The van der Waals surface area contributed by atoms with Crippen LogP contribution >= 0.6 is 0 Å². The molecule has 1 aliphatic rings. The predicted molar refractivity (Wildman–Crippen MR) is 142 cm³/mol. The number of hydrogen-bond donors (Lipinski definition) is 2. The van der Waals surface area contributed by atoms with E-state index in [1.807, 2.05) is 29.9 Å². The van der Waals surface area contributed by atoms with Gasteiger partial charge < -0.3 is 15.8 Å². The Morgan fingerprint density at radius 1 is 1.19 bits per heavy atom. The van der Waals surface area contributed by atoms with Crippen LogP contribution < -0.4 is 21.6 Å². The first-order valence-electron chi connectivity index (χ1n) is 12.3. The molecule has 3 N–H and O–H groups in total. The fraction of sp³-hybridized carbons (Fsp3) is 0.370. The van der Waals surface area contributed by atoms with Crippen molar-refractivity contribution >= 4 is 28.9 Å². The van der Waals surface area contributed by atoms with Crippen LogP contribution in [0.15, 0.2) is 36.8 Å². The SMILES string of the molecule is COCCCNc1ncnc2c1=CCC(N)(c1nccc(-c3ccc4nn(C)c(C(C)C)c4c3)n1)C=2. The Balaban J connectivity index is 1.49. The van der Waals surface area contributed by atoms with Gasteiger partial charge in [-0.05, 0) is 43.0 Å². The first-order chi connectivity index (χ1) is 17.4. The third-order valence-corrected chi connectivity index (χ3v) is 6.56. The molecular formula is C27H32N8O. The van der Waals surface area contributed by atoms with Gasteiger partial charge in [0.15, 0.2) is 5.82 Å². The fourth-order valence-corrected chi connectivity index (χ4v) is 4.83. The van der Waals surface area contributed by atoms with Crippen molar-refractivity contribution in [3.05, 3.63) is 58.9 Å². The van der Waals surface area contributed by atoms with Gasteiger partial charge in [-0.25, -0.2) is 19.9 Å². The minimum atomic E-state index is -0.869. The van der Waals surface area contributed by atoms with Crippen molar-refractivity contribution in [2.24, 2.45) is 12.8 Å². The lowest BCUT2D eigenvalue weighted by atomic mass is 9.90. The zero-order chi connectivity index (χ0) is 25.3. The average molecular weight is 485 g/mol. The number of hydrogen-bond acceptors (Lipinski definition) is 8. The summed E-state index contributed by atoms with van der Waals surface area (Å²) >= 11 is 0. The summed E-state index contributed by atoms with van der Waals surface area (Å²) in [6, 6.07) is 8.18. The summed E-state index contributed by atoms with van der Waals surface area (Å²) in [5, 5.41) is 10.9. The van der Waals surface area contributed by atoms with E-state index in [0.717, 1.165) is 51.5 Å². The molecule has 0 spiro atoms. The first kappa shape index (κ1) is 24.0. The number of fused-ring (bicyclic) bond motifs is 2. The van der Waals surface area contributed by atoms with Crippen molar-refractivity contribution in [1.29, 1.82) is 0 Å². The zero-order valence-electron chi connectivity index (χ0n) is 21.2. The molecule has 3 aromatic heterocycles. The van der Waals surface area contributed by atoms with Crippen molar-refractivity contribution in [2.75, 3.05) is 25.6 Å². The number of benzene rings is 1. The maximum Gasteiger partial charge on any atom is 0.153 e. The van der Waals surface area contributed by atoms with Crippen LogP contribution in [0.25, 0.3) is 34.3 Å². The topological polar surface area (TPSA) is 117 Å². The number of nitrogens with two attached hydrogens (primary N) is 1. The number of ether oxygens (including phenoxy) is 1. The average Bonchev–Trinajstić information content (AvgIpc) is 3.21. The lowest BCUT2D eigenvalue weighted by Gasteiger charge is -2.25. The molecule has 0 radical (unpaired) electrons. The Morgan fingerprint density at radius 2 is 2.06 bits per heavy atom. The highest BCUT2D eigenvalue weighted by Gasteiger charge is 2.30. The van der Waals surface area contributed by atoms with Crippen LogP contribution in [0, 0.1) is 0 Å². The van der Waals surface area contributed by atoms with Gasteiger partial charge in [0.2, 0.25) is 0 Å². The van der Waals surface area contributed by atoms with Gasteiger partial charge in [0.1, 0.15) is 17.7 Å². The summed E-state index contributed by atoms with van der Waals surface area (Å²) in [6.07, 6.45) is 8.79.